The average molecular weight is 355 g/mol. The van der Waals surface area contributed by atoms with E-state index < -0.39 is 0 Å². The van der Waals surface area contributed by atoms with E-state index in [2.05, 4.69) is 47.4 Å². The van der Waals surface area contributed by atoms with Crippen molar-refractivity contribution in [2.75, 3.05) is 12.4 Å². The van der Waals surface area contributed by atoms with Gasteiger partial charge in [0.15, 0.2) is 5.11 Å². The largest absolute Gasteiger partial charge is 0.497 e. The average Bonchev–Trinajstić information content (AvgIpc) is 3.41. The SMILES string of the molecule is COc1cccc(NC(=S)NNC(=O)[C@@H]2C[C@H]2c2ccc(C)cc2)c1. The Kier molecular flexibility index (Phi) is 5.19. The van der Waals surface area contributed by atoms with E-state index >= 15 is 0 Å². The van der Waals surface area contributed by atoms with E-state index in [1.807, 2.05) is 24.3 Å². The zero-order valence-corrected chi connectivity index (χ0v) is 15.0. The fourth-order valence-electron chi connectivity index (χ4n) is 2.74. The third-order valence-electron chi connectivity index (χ3n) is 4.26. The molecule has 6 heteroatoms. The van der Waals surface area contributed by atoms with Gasteiger partial charge >= 0.3 is 0 Å². The van der Waals surface area contributed by atoms with E-state index in [0.717, 1.165) is 17.9 Å². The highest BCUT2D eigenvalue weighted by Crippen LogP contribution is 2.47. The summed E-state index contributed by atoms with van der Waals surface area (Å²) < 4.78 is 5.16. The van der Waals surface area contributed by atoms with Crippen molar-refractivity contribution in [1.82, 2.24) is 10.9 Å². The zero-order chi connectivity index (χ0) is 17.8. The fraction of sp³-hybridized carbons (Fsp3) is 0.263. The Morgan fingerprint density at radius 2 is 1.92 bits per heavy atom. The van der Waals surface area contributed by atoms with Crippen molar-refractivity contribution < 1.29 is 9.53 Å². The maximum Gasteiger partial charge on any atom is 0.242 e. The molecule has 0 aliphatic heterocycles. The zero-order valence-electron chi connectivity index (χ0n) is 14.2. The van der Waals surface area contributed by atoms with E-state index in [1.54, 1.807) is 7.11 Å². The molecular formula is C19H21N3O2S. The number of hydrogen-bond acceptors (Lipinski definition) is 3. The Morgan fingerprint density at radius 1 is 1.16 bits per heavy atom. The number of carbonyl (C=O) groups excluding carboxylic acids is 1. The lowest BCUT2D eigenvalue weighted by Gasteiger charge is -2.12. The Morgan fingerprint density at radius 3 is 2.64 bits per heavy atom. The molecule has 2 aromatic rings. The number of thiocarbonyl (C=S) groups is 1. The summed E-state index contributed by atoms with van der Waals surface area (Å²) in [5.41, 5.74) is 8.65. The standard InChI is InChI=1S/C19H21N3O2S/c1-12-6-8-13(9-7-12)16-11-17(16)18(23)21-22-19(25)20-14-4-3-5-15(10-14)24-2/h3-10,16-17H,11H2,1-2H3,(H,21,23)(H2,20,22,25)/t16-,17+/m0/s1. The van der Waals surface area contributed by atoms with E-state index in [-0.39, 0.29) is 11.8 Å². The number of carbonyl (C=O) groups is 1. The Labute approximate surface area is 152 Å². The van der Waals surface area contributed by atoms with Crippen LogP contribution in [0.3, 0.4) is 0 Å². The van der Waals surface area contributed by atoms with E-state index in [0.29, 0.717) is 11.0 Å². The lowest BCUT2D eigenvalue weighted by atomic mass is 10.1. The van der Waals surface area contributed by atoms with Gasteiger partial charge < -0.3 is 10.1 Å². The highest BCUT2D eigenvalue weighted by molar-refractivity contribution is 7.80. The van der Waals surface area contributed by atoms with Crippen LogP contribution in [0.5, 0.6) is 5.75 Å². The number of methoxy groups -OCH3 is 1. The molecule has 1 aliphatic carbocycles. The highest BCUT2D eigenvalue weighted by atomic mass is 32.1. The Balaban J connectivity index is 1.46. The summed E-state index contributed by atoms with van der Waals surface area (Å²) in [5.74, 6) is 0.980. The molecule has 0 radical (unpaired) electrons. The molecule has 0 saturated heterocycles. The minimum Gasteiger partial charge on any atom is -0.497 e. The first-order valence-corrected chi connectivity index (χ1v) is 8.55. The number of anilines is 1. The molecule has 1 amide bonds. The summed E-state index contributed by atoms with van der Waals surface area (Å²) in [5, 5.41) is 3.33. The summed E-state index contributed by atoms with van der Waals surface area (Å²) in [4.78, 5) is 12.2. The summed E-state index contributed by atoms with van der Waals surface area (Å²) in [7, 11) is 1.61. The van der Waals surface area contributed by atoms with Gasteiger partial charge in [-0.05, 0) is 49.2 Å². The first-order valence-electron chi connectivity index (χ1n) is 8.14. The number of benzene rings is 2. The second kappa shape index (κ2) is 7.53. The van der Waals surface area contributed by atoms with Crippen LogP contribution in [0.2, 0.25) is 0 Å². The number of hydrazine groups is 1. The number of amides is 1. The Bertz CT molecular complexity index is 776. The van der Waals surface area contributed by atoms with Crippen molar-refractivity contribution in [2.45, 2.75) is 19.3 Å². The number of rotatable bonds is 4. The number of hydrogen-bond donors (Lipinski definition) is 3. The molecule has 130 valence electrons. The Hall–Kier alpha value is -2.60. The highest BCUT2D eigenvalue weighted by Gasteiger charge is 2.43. The van der Waals surface area contributed by atoms with Crippen LogP contribution in [0.15, 0.2) is 48.5 Å². The second-order valence-corrected chi connectivity index (χ2v) is 6.57. The van der Waals surface area contributed by atoms with Crippen LogP contribution in [0, 0.1) is 12.8 Å². The van der Waals surface area contributed by atoms with Crippen molar-refractivity contribution in [1.29, 1.82) is 0 Å². The van der Waals surface area contributed by atoms with E-state index in [4.69, 9.17) is 17.0 Å². The number of ether oxygens (including phenoxy) is 1. The van der Waals surface area contributed by atoms with Crippen LogP contribution in [0.25, 0.3) is 0 Å². The van der Waals surface area contributed by atoms with Crippen LogP contribution >= 0.6 is 12.2 Å². The molecule has 0 unspecified atom stereocenters. The minimum absolute atomic E-state index is 0.00479. The predicted octanol–water partition coefficient (Wildman–Crippen LogP) is 3.12. The quantitative estimate of drug-likeness (QED) is 0.581. The van der Waals surface area contributed by atoms with Gasteiger partial charge in [0.2, 0.25) is 5.91 Å². The fourth-order valence-corrected chi connectivity index (χ4v) is 2.91. The molecule has 3 rings (SSSR count). The summed E-state index contributed by atoms with van der Waals surface area (Å²) in [6, 6.07) is 15.7. The molecular weight excluding hydrogens is 334 g/mol. The topological polar surface area (TPSA) is 62.4 Å². The lowest BCUT2D eigenvalue weighted by Crippen LogP contribution is -2.44. The first-order chi connectivity index (χ1) is 12.1. The molecule has 3 N–H and O–H groups in total. The summed E-state index contributed by atoms with van der Waals surface area (Å²) in [6.07, 6.45) is 0.868. The van der Waals surface area contributed by atoms with Gasteiger partial charge in [0.05, 0.1) is 7.11 Å². The maximum absolute atomic E-state index is 12.2. The maximum atomic E-state index is 12.2. The first kappa shape index (κ1) is 17.2. The number of aryl methyl sites for hydroxylation is 1. The third kappa shape index (κ3) is 4.48. The number of nitrogens with one attached hydrogen (secondary N) is 3. The van der Waals surface area contributed by atoms with Gasteiger partial charge in [-0.2, -0.15) is 0 Å². The van der Waals surface area contributed by atoms with Crippen molar-refractivity contribution >= 4 is 28.9 Å². The van der Waals surface area contributed by atoms with Gasteiger partial charge in [-0.3, -0.25) is 15.6 Å². The van der Waals surface area contributed by atoms with Gasteiger partial charge in [0.1, 0.15) is 5.75 Å². The molecule has 0 heterocycles. The molecule has 0 bridgehead atoms. The smallest absolute Gasteiger partial charge is 0.242 e. The van der Waals surface area contributed by atoms with Gasteiger partial charge in [-0.1, -0.05) is 35.9 Å². The molecule has 0 spiro atoms. The van der Waals surface area contributed by atoms with Crippen molar-refractivity contribution in [3.05, 3.63) is 59.7 Å². The van der Waals surface area contributed by atoms with Crippen molar-refractivity contribution in [3.8, 4) is 5.75 Å². The molecule has 1 fully saturated rings. The molecule has 1 saturated carbocycles. The molecule has 5 nitrogen and oxygen atoms in total. The van der Waals surface area contributed by atoms with Gasteiger partial charge in [-0.25, -0.2) is 0 Å². The van der Waals surface area contributed by atoms with Gasteiger partial charge in [0.25, 0.3) is 0 Å². The molecule has 1 aliphatic rings. The molecule has 2 atom stereocenters. The van der Waals surface area contributed by atoms with Gasteiger partial charge in [0, 0.05) is 17.7 Å². The predicted molar refractivity (Wildman–Crippen MR) is 103 cm³/mol. The van der Waals surface area contributed by atoms with Crippen molar-refractivity contribution in [2.24, 2.45) is 5.92 Å². The molecule has 0 aromatic heterocycles. The minimum atomic E-state index is -0.0413. The molecule has 25 heavy (non-hydrogen) atoms. The lowest BCUT2D eigenvalue weighted by molar-refractivity contribution is -0.122. The van der Waals surface area contributed by atoms with Crippen LogP contribution in [-0.4, -0.2) is 18.1 Å². The van der Waals surface area contributed by atoms with E-state index in [9.17, 15) is 4.79 Å². The van der Waals surface area contributed by atoms with Crippen LogP contribution in [-0.2, 0) is 4.79 Å². The molecule has 2 aromatic carbocycles. The third-order valence-corrected chi connectivity index (χ3v) is 4.46. The van der Waals surface area contributed by atoms with Gasteiger partial charge in [-0.15, -0.1) is 0 Å². The summed E-state index contributed by atoms with van der Waals surface area (Å²) in [6.45, 7) is 2.06. The monoisotopic (exact) mass is 355 g/mol. The summed E-state index contributed by atoms with van der Waals surface area (Å²) >= 11 is 5.20. The van der Waals surface area contributed by atoms with Crippen LogP contribution < -0.4 is 20.9 Å². The second-order valence-electron chi connectivity index (χ2n) is 6.16. The normalized spacial score (nSPS) is 18.2. The van der Waals surface area contributed by atoms with E-state index in [1.165, 1.54) is 11.1 Å². The van der Waals surface area contributed by atoms with Crippen LogP contribution in [0.1, 0.15) is 23.5 Å². The van der Waals surface area contributed by atoms with Crippen molar-refractivity contribution in [3.63, 3.8) is 0 Å². The van der Waals surface area contributed by atoms with Crippen LogP contribution in [0.4, 0.5) is 5.69 Å².